The van der Waals surface area contributed by atoms with Crippen LogP contribution in [0.3, 0.4) is 0 Å². The molecule has 140 valence electrons. The summed E-state index contributed by atoms with van der Waals surface area (Å²) in [7, 11) is 0. The van der Waals surface area contributed by atoms with Crippen LogP contribution in [0.25, 0.3) is 11.4 Å². The van der Waals surface area contributed by atoms with Crippen molar-refractivity contribution in [3.05, 3.63) is 51.5 Å². The Labute approximate surface area is 174 Å². The molecule has 0 spiro atoms. The Morgan fingerprint density at radius 2 is 2.00 bits per heavy atom. The predicted molar refractivity (Wildman–Crippen MR) is 110 cm³/mol. The summed E-state index contributed by atoms with van der Waals surface area (Å²) in [4.78, 5) is 0. The molecule has 27 heavy (non-hydrogen) atoms. The van der Waals surface area contributed by atoms with E-state index in [9.17, 15) is 0 Å². The molecule has 4 rings (SSSR count). The summed E-state index contributed by atoms with van der Waals surface area (Å²) >= 11 is 11.4. The van der Waals surface area contributed by atoms with Crippen LogP contribution in [0.15, 0.2) is 46.0 Å². The molecule has 1 aliphatic heterocycles. The van der Waals surface area contributed by atoms with Crippen LogP contribution in [0.4, 0.5) is 0 Å². The Balaban J connectivity index is 1.54. The van der Waals surface area contributed by atoms with E-state index in [1.54, 1.807) is 0 Å². The molecule has 2 heterocycles. The minimum Gasteiger partial charge on any atom is -0.489 e. The fourth-order valence-corrected chi connectivity index (χ4v) is 4.25. The first-order valence-corrected chi connectivity index (χ1v) is 10.5. The highest BCUT2D eigenvalue weighted by Crippen LogP contribution is 2.39. The van der Waals surface area contributed by atoms with Gasteiger partial charge in [0, 0.05) is 22.2 Å². The van der Waals surface area contributed by atoms with Gasteiger partial charge in [0.05, 0.1) is 18.2 Å². The molecule has 0 bridgehead atoms. The van der Waals surface area contributed by atoms with Crippen molar-refractivity contribution in [3.63, 3.8) is 0 Å². The smallest absolute Gasteiger partial charge is 0.210 e. The van der Waals surface area contributed by atoms with Crippen molar-refractivity contribution in [1.29, 1.82) is 0 Å². The van der Waals surface area contributed by atoms with Crippen molar-refractivity contribution in [2.24, 2.45) is 0 Å². The third-order valence-corrected chi connectivity index (χ3v) is 6.00. The number of aromatic nitrogens is 3. The molecule has 0 amide bonds. The van der Waals surface area contributed by atoms with E-state index in [0.717, 1.165) is 22.0 Å². The van der Waals surface area contributed by atoms with E-state index in [1.807, 2.05) is 36.4 Å². The van der Waals surface area contributed by atoms with Gasteiger partial charge in [-0.25, -0.2) is 4.68 Å². The number of nitrogens with two attached hydrogens (primary N) is 1. The van der Waals surface area contributed by atoms with Gasteiger partial charge < -0.3 is 15.3 Å². The van der Waals surface area contributed by atoms with Crippen LogP contribution in [0.2, 0.25) is 5.02 Å². The lowest BCUT2D eigenvalue weighted by Crippen LogP contribution is -2.11. The molecule has 0 saturated heterocycles. The third kappa shape index (κ3) is 3.88. The SMILES string of the molecule is Nn1c(SCc2cc(Cl)c3c(c2)OCCCO3)nnc1-c1ccccc1Br. The zero-order valence-electron chi connectivity index (χ0n) is 14.2. The Kier molecular flexibility index (Phi) is 5.47. The molecule has 1 aliphatic rings. The van der Waals surface area contributed by atoms with Crippen LogP contribution in [0, 0.1) is 0 Å². The molecule has 9 heteroatoms. The number of nitrogens with zero attached hydrogens (tertiary/aromatic N) is 3. The first-order valence-electron chi connectivity index (χ1n) is 8.29. The highest BCUT2D eigenvalue weighted by atomic mass is 79.9. The van der Waals surface area contributed by atoms with Gasteiger partial charge in [-0.15, -0.1) is 10.2 Å². The number of hydrogen-bond donors (Lipinski definition) is 1. The number of fused-ring (bicyclic) bond motifs is 1. The molecule has 1 aromatic heterocycles. The fraction of sp³-hybridized carbons (Fsp3) is 0.222. The first kappa shape index (κ1) is 18.5. The average Bonchev–Trinajstić information content (AvgIpc) is 2.87. The molecule has 2 N–H and O–H groups in total. The average molecular weight is 468 g/mol. The topological polar surface area (TPSA) is 75.2 Å². The van der Waals surface area contributed by atoms with E-state index in [-0.39, 0.29) is 0 Å². The number of benzene rings is 2. The summed E-state index contributed by atoms with van der Waals surface area (Å²) in [6.45, 7) is 1.22. The quantitative estimate of drug-likeness (QED) is 0.449. The van der Waals surface area contributed by atoms with Crippen LogP contribution < -0.4 is 15.3 Å². The Bertz CT molecular complexity index is 982. The lowest BCUT2D eigenvalue weighted by Gasteiger charge is -2.11. The Hall–Kier alpha value is -1.90. The second kappa shape index (κ2) is 8.00. The molecule has 0 unspecified atom stereocenters. The van der Waals surface area contributed by atoms with Gasteiger partial charge in [0.25, 0.3) is 0 Å². The lowest BCUT2D eigenvalue weighted by atomic mass is 10.2. The number of ether oxygens (including phenoxy) is 2. The van der Waals surface area contributed by atoms with E-state index in [2.05, 4.69) is 26.1 Å². The van der Waals surface area contributed by atoms with Gasteiger partial charge in [-0.05, 0) is 29.8 Å². The molecule has 0 saturated carbocycles. The zero-order chi connectivity index (χ0) is 18.8. The van der Waals surface area contributed by atoms with E-state index in [0.29, 0.717) is 46.5 Å². The molecule has 2 aromatic carbocycles. The largest absolute Gasteiger partial charge is 0.489 e. The van der Waals surface area contributed by atoms with Crippen LogP contribution in [-0.2, 0) is 5.75 Å². The Morgan fingerprint density at radius 1 is 1.19 bits per heavy atom. The lowest BCUT2D eigenvalue weighted by molar-refractivity contribution is 0.297. The number of nitrogen functional groups attached to an aromatic ring is 1. The zero-order valence-corrected chi connectivity index (χ0v) is 17.4. The van der Waals surface area contributed by atoms with Gasteiger partial charge in [-0.3, -0.25) is 0 Å². The highest BCUT2D eigenvalue weighted by Gasteiger charge is 2.17. The molecule has 0 radical (unpaired) electrons. The fourth-order valence-electron chi connectivity index (χ4n) is 2.72. The summed E-state index contributed by atoms with van der Waals surface area (Å²) in [5, 5.41) is 9.60. The normalized spacial score (nSPS) is 13.4. The molecule has 0 atom stereocenters. The minimum absolute atomic E-state index is 0.549. The third-order valence-electron chi connectivity index (χ3n) is 4.01. The van der Waals surface area contributed by atoms with Crippen molar-refractivity contribution >= 4 is 39.3 Å². The summed E-state index contributed by atoms with van der Waals surface area (Å²) in [6.07, 6.45) is 0.837. The molecule has 3 aromatic rings. The second-order valence-corrected chi connectivity index (χ2v) is 8.10. The van der Waals surface area contributed by atoms with Crippen LogP contribution >= 0.6 is 39.3 Å². The molecule has 0 aliphatic carbocycles. The van der Waals surface area contributed by atoms with Crippen molar-refractivity contribution in [1.82, 2.24) is 14.9 Å². The molecular weight excluding hydrogens is 452 g/mol. The van der Waals surface area contributed by atoms with E-state index in [4.69, 9.17) is 26.9 Å². The molecular formula is C18H16BrClN4O2S. The van der Waals surface area contributed by atoms with Gasteiger partial charge in [0.2, 0.25) is 5.16 Å². The van der Waals surface area contributed by atoms with Crippen LogP contribution in [-0.4, -0.2) is 28.1 Å². The van der Waals surface area contributed by atoms with Gasteiger partial charge in [0.15, 0.2) is 17.3 Å². The van der Waals surface area contributed by atoms with Crippen molar-refractivity contribution in [2.75, 3.05) is 19.1 Å². The van der Waals surface area contributed by atoms with E-state index in [1.165, 1.54) is 16.4 Å². The maximum absolute atomic E-state index is 6.36. The maximum Gasteiger partial charge on any atom is 0.210 e. The second-order valence-electron chi connectivity index (χ2n) is 5.90. The summed E-state index contributed by atoms with van der Waals surface area (Å²) in [5.74, 6) is 8.73. The van der Waals surface area contributed by atoms with E-state index >= 15 is 0 Å². The monoisotopic (exact) mass is 466 g/mol. The van der Waals surface area contributed by atoms with Gasteiger partial charge >= 0.3 is 0 Å². The summed E-state index contributed by atoms with van der Waals surface area (Å²) < 4.78 is 13.8. The number of hydrogen-bond acceptors (Lipinski definition) is 6. The molecule has 0 fully saturated rings. The Morgan fingerprint density at radius 3 is 2.85 bits per heavy atom. The number of thioether (sulfide) groups is 1. The number of halogens is 2. The van der Waals surface area contributed by atoms with Crippen molar-refractivity contribution in [3.8, 4) is 22.9 Å². The molecule has 6 nitrogen and oxygen atoms in total. The highest BCUT2D eigenvalue weighted by molar-refractivity contribution is 9.10. The summed E-state index contributed by atoms with van der Waals surface area (Å²) in [6, 6.07) is 11.6. The van der Waals surface area contributed by atoms with Gasteiger partial charge in [-0.2, -0.15) is 0 Å². The minimum atomic E-state index is 0.549. The first-order chi connectivity index (χ1) is 13.1. The predicted octanol–water partition coefficient (Wildman–Crippen LogP) is 4.53. The summed E-state index contributed by atoms with van der Waals surface area (Å²) in [5.41, 5.74) is 1.89. The van der Waals surface area contributed by atoms with E-state index < -0.39 is 0 Å². The number of rotatable bonds is 4. The standard InChI is InChI=1S/C18H16BrClN4O2S/c19-13-5-2-1-4-12(13)17-22-23-18(24(17)21)27-10-11-8-14(20)16-15(9-11)25-6-3-7-26-16/h1-2,4-5,8-9H,3,6-7,10,21H2. The van der Waals surface area contributed by atoms with Crippen LogP contribution in [0.5, 0.6) is 11.5 Å². The van der Waals surface area contributed by atoms with Gasteiger partial charge in [-0.1, -0.05) is 51.4 Å². The van der Waals surface area contributed by atoms with Gasteiger partial charge in [0.1, 0.15) is 0 Å². The van der Waals surface area contributed by atoms with Crippen LogP contribution in [0.1, 0.15) is 12.0 Å². The van der Waals surface area contributed by atoms with Crippen molar-refractivity contribution < 1.29 is 9.47 Å². The maximum atomic E-state index is 6.36. The van der Waals surface area contributed by atoms with Crippen molar-refractivity contribution in [2.45, 2.75) is 17.3 Å².